The van der Waals surface area contributed by atoms with Gasteiger partial charge in [-0.1, -0.05) is 6.07 Å². The summed E-state index contributed by atoms with van der Waals surface area (Å²) in [6.45, 7) is 2.61. The first-order valence-electron chi connectivity index (χ1n) is 5.84. The van der Waals surface area contributed by atoms with Crippen LogP contribution in [0, 0.1) is 5.82 Å². The summed E-state index contributed by atoms with van der Waals surface area (Å²) in [5.41, 5.74) is 1.61. The van der Waals surface area contributed by atoms with Crippen LogP contribution in [0.15, 0.2) is 42.6 Å². The molecule has 0 aliphatic heterocycles. The van der Waals surface area contributed by atoms with Crippen LogP contribution < -0.4 is 4.90 Å². The zero-order valence-electron chi connectivity index (χ0n) is 10.2. The Hall–Kier alpha value is -1.94. The fraction of sp³-hybridized carbons (Fsp3) is 0.214. The van der Waals surface area contributed by atoms with E-state index in [0.717, 1.165) is 11.3 Å². The molecule has 0 saturated carbocycles. The van der Waals surface area contributed by atoms with Gasteiger partial charge in [0, 0.05) is 24.0 Å². The fourth-order valence-electron chi connectivity index (χ4n) is 1.87. The largest absolute Gasteiger partial charge is 0.392 e. The third-order valence-electron chi connectivity index (χ3n) is 2.75. The summed E-state index contributed by atoms with van der Waals surface area (Å²) in [4.78, 5) is 6.23. The third kappa shape index (κ3) is 2.49. The predicted octanol–water partition coefficient (Wildman–Crippen LogP) is 2.87. The van der Waals surface area contributed by atoms with E-state index in [9.17, 15) is 9.50 Å². The highest BCUT2D eigenvalue weighted by Crippen LogP contribution is 2.26. The van der Waals surface area contributed by atoms with Crippen LogP contribution in [0.5, 0.6) is 0 Å². The average Bonchev–Trinajstić information content (AvgIpc) is 2.42. The highest BCUT2D eigenvalue weighted by atomic mass is 19.1. The highest BCUT2D eigenvalue weighted by molar-refractivity contribution is 5.62. The van der Waals surface area contributed by atoms with Gasteiger partial charge in [-0.25, -0.2) is 9.37 Å². The van der Waals surface area contributed by atoms with Crippen molar-refractivity contribution in [2.75, 3.05) is 11.4 Å². The summed E-state index contributed by atoms with van der Waals surface area (Å²) < 4.78 is 12.9. The molecule has 1 aromatic carbocycles. The summed E-state index contributed by atoms with van der Waals surface area (Å²) in [5.74, 6) is 0.437. The first-order chi connectivity index (χ1) is 8.76. The SMILES string of the molecule is CCN(c1ccc(F)cc1)c1ncccc1CO. The molecule has 2 rings (SSSR count). The Kier molecular flexibility index (Phi) is 3.89. The molecule has 94 valence electrons. The van der Waals surface area contributed by atoms with Crippen LogP contribution in [0.1, 0.15) is 12.5 Å². The zero-order valence-corrected chi connectivity index (χ0v) is 10.2. The fourth-order valence-corrected chi connectivity index (χ4v) is 1.87. The van der Waals surface area contributed by atoms with E-state index in [1.807, 2.05) is 17.9 Å². The maximum Gasteiger partial charge on any atom is 0.138 e. The molecule has 2 aromatic rings. The number of rotatable bonds is 4. The lowest BCUT2D eigenvalue weighted by Crippen LogP contribution is -2.19. The minimum absolute atomic E-state index is 0.0686. The highest BCUT2D eigenvalue weighted by Gasteiger charge is 2.12. The van der Waals surface area contributed by atoms with Crippen molar-refractivity contribution in [3.63, 3.8) is 0 Å². The van der Waals surface area contributed by atoms with Crippen LogP contribution in [0.25, 0.3) is 0 Å². The molecule has 0 radical (unpaired) electrons. The van der Waals surface area contributed by atoms with E-state index in [0.29, 0.717) is 12.4 Å². The molecule has 18 heavy (non-hydrogen) atoms. The molecule has 1 aromatic heterocycles. The number of aromatic nitrogens is 1. The van der Waals surface area contributed by atoms with Gasteiger partial charge in [0.05, 0.1) is 6.61 Å². The Bertz CT molecular complexity index is 513. The van der Waals surface area contributed by atoms with Crippen molar-refractivity contribution in [3.8, 4) is 0 Å². The van der Waals surface area contributed by atoms with Crippen LogP contribution in [-0.4, -0.2) is 16.6 Å². The monoisotopic (exact) mass is 246 g/mol. The molecule has 3 nitrogen and oxygen atoms in total. The van der Waals surface area contributed by atoms with Crippen LogP contribution >= 0.6 is 0 Å². The second-order valence-electron chi connectivity index (χ2n) is 3.86. The van der Waals surface area contributed by atoms with E-state index < -0.39 is 0 Å². The van der Waals surface area contributed by atoms with E-state index in [4.69, 9.17) is 0 Å². The van der Waals surface area contributed by atoms with Gasteiger partial charge in [0.1, 0.15) is 11.6 Å². The number of aliphatic hydroxyl groups is 1. The topological polar surface area (TPSA) is 36.4 Å². The second kappa shape index (κ2) is 5.60. The van der Waals surface area contributed by atoms with Crippen molar-refractivity contribution in [1.29, 1.82) is 0 Å². The quantitative estimate of drug-likeness (QED) is 0.901. The van der Waals surface area contributed by atoms with Gasteiger partial charge in [-0.05, 0) is 37.3 Å². The first kappa shape index (κ1) is 12.5. The van der Waals surface area contributed by atoms with E-state index in [1.54, 1.807) is 24.4 Å². The van der Waals surface area contributed by atoms with Gasteiger partial charge >= 0.3 is 0 Å². The third-order valence-corrected chi connectivity index (χ3v) is 2.75. The molecule has 0 aliphatic carbocycles. The maximum absolute atomic E-state index is 12.9. The number of benzene rings is 1. The Morgan fingerprint density at radius 1 is 1.22 bits per heavy atom. The molecular weight excluding hydrogens is 231 g/mol. The number of halogens is 1. The molecule has 0 atom stereocenters. The lowest BCUT2D eigenvalue weighted by Gasteiger charge is -2.24. The molecule has 1 N–H and O–H groups in total. The molecular formula is C14H15FN2O. The lowest BCUT2D eigenvalue weighted by molar-refractivity contribution is 0.282. The van der Waals surface area contributed by atoms with E-state index in [-0.39, 0.29) is 12.4 Å². The van der Waals surface area contributed by atoms with Gasteiger partial charge in [0.15, 0.2) is 0 Å². The number of pyridine rings is 1. The molecule has 0 saturated heterocycles. The lowest BCUT2D eigenvalue weighted by atomic mass is 10.2. The number of aliphatic hydroxyl groups excluding tert-OH is 1. The van der Waals surface area contributed by atoms with Crippen molar-refractivity contribution < 1.29 is 9.50 Å². The number of hydrogen-bond acceptors (Lipinski definition) is 3. The molecule has 0 unspecified atom stereocenters. The van der Waals surface area contributed by atoms with Crippen LogP contribution in [0.4, 0.5) is 15.9 Å². The number of anilines is 2. The van der Waals surface area contributed by atoms with Gasteiger partial charge in [-0.15, -0.1) is 0 Å². The van der Waals surface area contributed by atoms with Gasteiger partial charge in [0.2, 0.25) is 0 Å². The van der Waals surface area contributed by atoms with Crippen molar-refractivity contribution in [1.82, 2.24) is 4.98 Å². The molecule has 0 spiro atoms. The molecule has 4 heteroatoms. The normalized spacial score (nSPS) is 10.4. The Morgan fingerprint density at radius 3 is 2.56 bits per heavy atom. The molecule has 1 heterocycles. The predicted molar refractivity (Wildman–Crippen MR) is 69.2 cm³/mol. The maximum atomic E-state index is 12.9. The van der Waals surface area contributed by atoms with Gasteiger partial charge < -0.3 is 10.0 Å². The van der Waals surface area contributed by atoms with Crippen molar-refractivity contribution in [2.24, 2.45) is 0 Å². The standard InChI is InChI=1S/C14H15FN2O/c1-2-17(13-7-5-12(15)6-8-13)14-11(10-18)4-3-9-16-14/h3-9,18H,2,10H2,1H3. The van der Waals surface area contributed by atoms with Crippen molar-refractivity contribution in [3.05, 3.63) is 54.0 Å². The second-order valence-corrected chi connectivity index (χ2v) is 3.86. The Morgan fingerprint density at radius 2 is 1.94 bits per heavy atom. The average molecular weight is 246 g/mol. The molecule has 0 aliphatic rings. The smallest absolute Gasteiger partial charge is 0.138 e. The molecule has 0 bridgehead atoms. The summed E-state index contributed by atoms with van der Waals surface area (Å²) >= 11 is 0. The van der Waals surface area contributed by atoms with Crippen molar-refractivity contribution >= 4 is 11.5 Å². The number of nitrogens with zero attached hydrogens (tertiary/aromatic N) is 2. The molecule has 0 fully saturated rings. The van der Waals surface area contributed by atoms with E-state index >= 15 is 0 Å². The van der Waals surface area contributed by atoms with Crippen LogP contribution in [0.3, 0.4) is 0 Å². The Labute approximate surface area is 106 Å². The van der Waals surface area contributed by atoms with Gasteiger partial charge in [-0.2, -0.15) is 0 Å². The summed E-state index contributed by atoms with van der Waals surface area (Å²) in [6.07, 6.45) is 1.68. The zero-order chi connectivity index (χ0) is 13.0. The van der Waals surface area contributed by atoms with Gasteiger partial charge in [0.25, 0.3) is 0 Å². The molecule has 0 amide bonds. The summed E-state index contributed by atoms with van der Waals surface area (Å²) in [7, 11) is 0. The van der Waals surface area contributed by atoms with Gasteiger partial charge in [-0.3, -0.25) is 0 Å². The summed E-state index contributed by atoms with van der Waals surface area (Å²) in [6, 6.07) is 9.85. The van der Waals surface area contributed by atoms with Crippen molar-refractivity contribution in [2.45, 2.75) is 13.5 Å². The minimum Gasteiger partial charge on any atom is -0.392 e. The van der Waals surface area contributed by atoms with E-state index in [2.05, 4.69) is 4.98 Å². The first-order valence-corrected chi connectivity index (χ1v) is 5.84. The summed E-state index contributed by atoms with van der Waals surface area (Å²) in [5, 5.41) is 9.33. The van der Waals surface area contributed by atoms with Crippen LogP contribution in [0.2, 0.25) is 0 Å². The minimum atomic E-state index is -0.266. The number of hydrogen-bond donors (Lipinski definition) is 1. The van der Waals surface area contributed by atoms with Crippen LogP contribution in [-0.2, 0) is 6.61 Å². The van der Waals surface area contributed by atoms with E-state index in [1.165, 1.54) is 12.1 Å². The Balaban J connectivity index is 2.41.